The number of fused-ring (bicyclic) bond motifs is 1. The normalized spacial score (nSPS) is 17.9. The third kappa shape index (κ3) is 3.49. The van der Waals surface area contributed by atoms with Crippen molar-refractivity contribution in [3.05, 3.63) is 59.2 Å². The molecule has 0 aromatic heterocycles. The number of benzene rings is 2. The molecule has 26 heavy (non-hydrogen) atoms. The number of hydrogen-bond donors (Lipinski definition) is 1. The summed E-state index contributed by atoms with van der Waals surface area (Å²) in [4.78, 5) is 23.8. The van der Waals surface area contributed by atoms with Crippen molar-refractivity contribution in [2.24, 2.45) is 0 Å². The van der Waals surface area contributed by atoms with Gasteiger partial charge in [-0.1, -0.05) is 24.3 Å². The molecule has 0 unspecified atom stereocenters. The second-order valence-electron chi connectivity index (χ2n) is 6.08. The number of rotatable bonds is 5. The van der Waals surface area contributed by atoms with Gasteiger partial charge >= 0.3 is 11.9 Å². The summed E-state index contributed by atoms with van der Waals surface area (Å²) >= 11 is 0. The maximum atomic E-state index is 12.4. The van der Waals surface area contributed by atoms with Crippen LogP contribution in [0.15, 0.2) is 42.5 Å². The monoisotopic (exact) mass is 356 g/mol. The van der Waals surface area contributed by atoms with Crippen LogP contribution in [0.25, 0.3) is 0 Å². The van der Waals surface area contributed by atoms with Crippen LogP contribution in [0.4, 0.5) is 0 Å². The van der Waals surface area contributed by atoms with Crippen LogP contribution < -0.4 is 4.74 Å². The van der Waals surface area contributed by atoms with Gasteiger partial charge in [-0.25, -0.2) is 0 Å². The van der Waals surface area contributed by atoms with Gasteiger partial charge in [-0.15, -0.1) is 0 Å². The average molecular weight is 356 g/mol. The molecule has 1 aliphatic rings. The smallest absolute Gasteiger partial charge is 0.317 e. The molecule has 1 aliphatic heterocycles. The molecule has 2 aromatic carbocycles. The van der Waals surface area contributed by atoms with Gasteiger partial charge in [0.25, 0.3) is 0 Å². The number of hydrogen-bond acceptors (Lipinski definition) is 6. The summed E-state index contributed by atoms with van der Waals surface area (Å²) in [6, 6.07) is 12.1. The number of aryl methyl sites for hydroxylation is 1. The maximum Gasteiger partial charge on any atom is 0.317 e. The van der Waals surface area contributed by atoms with Crippen LogP contribution in [0.2, 0.25) is 0 Å². The lowest BCUT2D eigenvalue weighted by atomic mass is 9.90. The highest BCUT2D eigenvalue weighted by atomic mass is 16.5. The van der Waals surface area contributed by atoms with Gasteiger partial charge in [0.15, 0.2) is 0 Å². The molecule has 0 bridgehead atoms. The van der Waals surface area contributed by atoms with E-state index in [1.165, 1.54) is 14.2 Å². The number of phenolic OH excluding ortho intramolecular Hbond substituents is 1. The number of esters is 2. The SMILES string of the molecule is COC(=O)CCc1ccc2c(c1)[C@@H](C(=O)OC)[C@H](c1ccc(O)cc1)O2. The Morgan fingerprint density at radius 2 is 1.81 bits per heavy atom. The van der Waals surface area contributed by atoms with Crippen molar-refractivity contribution in [2.75, 3.05) is 14.2 Å². The first-order valence-corrected chi connectivity index (χ1v) is 8.26. The van der Waals surface area contributed by atoms with E-state index in [0.717, 1.165) is 16.7 Å². The molecule has 6 nitrogen and oxygen atoms in total. The Labute approximate surface area is 151 Å². The quantitative estimate of drug-likeness (QED) is 0.830. The summed E-state index contributed by atoms with van der Waals surface area (Å²) in [5.74, 6) is -0.540. The van der Waals surface area contributed by atoms with Crippen molar-refractivity contribution >= 4 is 11.9 Å². The zero-order valence-corrected chi connectivity index (χ0v) is 14.6. The van der Waals surface area contributed by atoms with Crippen LogP contribution in [0, 0.1) is 0 Å². The van der Waals surface area contributed by atoms with Gasteiger partial charge in [0, 0.05) is 12.0 Å². The molecular weight excluding hydrogens is 336 g/mol. The van der Waals surface area contributed by atoms with Crippen LogP contribution in [0.3, 0.4) is 0 Å². The molecule has 1 heterocycles. The maximum absolute atomic E-state index is 12.4. The van der Waals surface area contributed by atoms with Crippen molar-refractivity contribution in [1.82, 2.24) is 0 Å². The average Bonchev–Trinajstić information content (AvgIpc) is 3.04. The van der Waals surface area contributed by atoms with Crippen LogP contribution in [-0.2, 0) is 25.5 Å². The molecule has 0 saturated heterocycles. The summed E-state index contributed by atoms with van der Waals surface area (Å²) in [5.41, 5.74) is 2.42. The fourth-order valence-corrected chi connectivity index (χ4v) is 3.12. The highest BCUT2D eigenvalue weighted by Crippen LogP contribution is 2.47. The second-order valence-corrected chi connectivity index (χ2v) is 6.08. The number of carbonyl (C=O) groups is 2. The Morgan fingerprint density at radius 1 is 1.08 bits per heavy atom. The molecule has 0 fully saturated rings. The number of methoxy groups -OCH3 is 2. The first-order valence-electron chi connectivity index (χ1n) is 8.26. The number of aromatic hydroxyl groups is 1. The van der Waals surface area contributed by atoms with E-state index < -0.39 is 18.0 Å². The largest absolute Gasteiger partial charge is 0.508 e. The summed E-state index contributed by atoms with van der Waals surface area (Å²) in [6.07, 6.45) is 0.243. The van der Waals surface area contributed by atoms with E-state index in [2.05, 4.69) is 4.74 Å². The fourth-order valence-electron chi connectivity index (χ4n) is 3.12. The first kappa shape index (κ1) is 17.8. The third-order valence-electron chi connectivity index (χ3n) is 4.49. The predicted octanol–water partition coefficient (Wildman–Crippen LogP) is 2.89. The van der Waals surface area contributed by atoms with Crippen molar-refractivity contribution in [1.29, 1.82) is 0 Å². The Bertz CT molecular complexity index is 812. The van der Waals surface area contributed by atoms with E-state index >= 15 is 0 Å². The van der Waals surface area contributed by atoms with Gasteiger partial charge in [0.2, 0.25) is 0 Å². The zero-order chi connectivity index (χ0) is 18.7. The van der Waals surface area contributed by atoms with Gasteiger partial charge in [-0.2, -0.15) is 0 Å². The van der Waals surface area contributed by atoms with Crippen LogP contribution in [-0.4, -0.2) is 31.3 Å². The van der Waals surface area contributed by atoms with Crippen molar-refractivity contribution < 1.29 is 28.9 Å². The van der Waals surface area contributed by atoms with Gasteiger partial charge in [-0.05, 0) is 35.7 Å². The lowest BCUT2D eigenvalue weighted by molar-refractivity contribution is -0.144. The molecule has 2 atom stereocenters. The molecule has 2 aromatic rings. The Hall–Kier alpha value is -3.02. The van der Waals surface area contributed by atoms with E-state index in [1.54, 1.807) is 30.3 Å². The predicted molar refractivity (Wildman–Crippen MR) is 93.0 cm³/mol. The molecule has 0 aliphatic carbocycles. The van der Waals surface area contributed by atoms with Crippen molar-refractivity contribution in [2.45, 2.75) is 24.9 Å². The Kier molecular flexibility index (Phi) is 5.11. The van der Waals surface area contributed by atoms with Crippen molar-refractivity contribution in [3.8, 4) is 11.5 Å². The van der Waals surface area contributed by atoms with E-state index in [4.69, 9.17) is 9.47 Å². The number of carbonyl (C=O) groups excluding carboxylic acids is 2. The lowest BCUT2D eigenvalue weighted by Crippen LogP contribution is -2.20. The summed E-state index contributed by atoms with van der Waals surface area (Å²) in [7, 11) is 2.70. The molecule has 0 saturated carbocycles. The first-order chi connectivity index (χ1) is 12.5. The van der Waals surface area contributed by atoms with Crippen LogP contribution in [0.5, 0.6) is 11.5 Å². The number of phenols is 1. The lowest BCUT2D eigenvalue weighted by Gasteiger charge is -2.17. The summed E-state index contributed by atoms with van der Waals surface area (Å²) in [5, 5.41) is 9.48. The Morgan fingerprint density at radius 3 is 2.46 bits per heavy atom. The van der Waals surface area contributed by atoms with Gasteiger partial charge in [0.1, 0.15) is 23.5 Å². The standard InChI is InChI=1S/C20H20O6/c1-24-17(22)10-4-12-3-9-16-15(11-12)18(20(23)25-2)19(26-16)13-5-7-14(21)8-6-13/h3,5-9,11,18-19,21H,4,10H2,1-2H3/t18-,19+/m1/s1. The Balaban J connectivity index is 1.91. The topological polar surface area (TPSA) is 82.1 Å². The highest BCUT2D eigenvalue weighted by Gasteiger charge is 2.41. The molecular formula is C20H20O6. The fraction of sp³-hybridized carbons (Fsp3) is 0.300. The molecule has 6 heteroatoms. The van der Waals surface area contributed by atoms with E-state index in [0.29, 0.717) is 12.2 Å². The van der Waals surface area contributed by atoms with Crippen LogP contribution >= 0.6 is 0 Å². The second kappa shape index (κ2) is 7.47. The highest BCUT2D eigenvalue weighted by molar-refractivity contribution is 5.81. The molecule has 0 spiro atoms. The van der Waals surface area contributed by atoms with Gasteiger partial charge < -0.3 is 19.3 Å². The van der Waals surface area contributed by atoms with Gasteiger partial charge in [-0.3, -0.25) is 9.59 Å². The third-order valence-corrected chi connectivity index (χ3v) is 4.49. The molecule has 0 radical (unpaired) electrons. The van der Waals surface area contributed by atoms with Crippen molar-refractivity contribution in [3.63, 3.8) is 0 Å². The van der Waals surface area contributed by atoms with Crippen LogP contribution in [0.1, 0.15) is 35.1 Å². The van der Waals surface area contributed by atoms with Gasteiger partial charge in [0.05, 0.1) is 14.2 Å². The van der Waals surface area contributed by atoms with E-state index in [-0.39, 0.29) is 18.1 Å². The minimum absolute atomic E-state index is 0.143. The minimum atomic E-state index is -0.613. The van der Waals surface area contributed by atoms with E-state index in [9.17, 15) is 14.7 Å². The summed E-state index contributed by atoms with van der Waals surface area (Å²) in [6.45, 7) is 0. The molecule has 1 N–H and O–H groups in total. The van der Waals surface area contributed by atoms with E-state index in [1.807, 2.05) is 12.1 Å². The molecule has 136 valence electrons. The zero-order valence-electron chi connectivity index (χ0n) is 14.6. The minimum Gasteiger partial charge on any atom is -0.508 e. The number of ether oxygens (including phenoxy) is 3. The molecule has 3 rings (SSSR count). The summed E-state index contributed by atoms with van der Waals surface area (Å²) < 4.78 is 15.6. The molecule has 0 amide bonds.